The molecule has 1 aliphatic rings. The molecule has 1 aliphatic heterocycles. The molecule has 0 atom stereocenters. The van der Waals surface area contributed by atoms with E-state index in [4.69, 9.17) is 19.7 Å². The highest BCUT2D eigenvalue weighted by Gasteiger charge is 2.21. The van der Waals surface area contributed by atoms with Gasteiger partial charge in [0.1, 0.15) is 11.5 Å². The molecule has 0 saturated heterocycles. The lowest BCUT2D eigenvalue weighted by Crippen LogP contribution is -1.99. The predicted molar refractivity (Wildman–Crippen MR) is 258 cm³/mol. The molecule has 0 aliphatic carbocycles. The summed E-state index contributed by atoms with van der Waals surface area (Å²) >= 11 is 0. The van der Waals surface area contributed by atoms with Crippen LogP contribution < -0.4 is 4.74 Å². The highest BCUT2D eigenvalue weighted by Crippen LogP contribution is 2.46. The zero-order valence-electron chi connectivity index (χ0n) is 33.7. The summed E-state index contributed by atoms with van der Waals surface area (Å²) in [4.78, 5) is 16.0. The van der Waals surface area contributed by atoms with Crippen LogP contribution in [-0.4, -0.2) is 15.0 Å². The second-order valence-corrected chi connectivity index (χ2v) is 15.9. The van der Waals surface area contributed by atoms with Gasteiger partial charge in [-0.1, -0.05) is 176 Å². The molecule has 4 heterocycles. The number of nitrogens with zero attached hydrogens (tertiary/aromatic N) is 3. The van der Waals surface area contributed by atoms with Gasteiger partial charge in [-0.2, -0.15) is 0 Å². The van der Waals surface area contributed by atoms with Gasteiger partial charge in [-0.25, -0.2) is 15.0 Å². The van der Waals surface area contributed by atoms with Crippen LogP contribution in [0.3, 0.4) is 0 Å². The molecule has 290 valence electrons. The van der Waals surface area contributed by atoms with Gasteiger partial charge < -0.3 is 4.74 Å². The van der Waals surface area contributed by atoms with E-state index < -0.39 is 0 Å². The maximum absolute atomic E-state index is 6.58. The van der Waals surface area contributed by atoms with E-state index in [0.717, 1.165) is 122 Å². The van der Waals surface area contributed by atoms with Crippen molar-refractivity contribution < 1.29 is 4.74 Å². The summed E-state index contributed by atoms with van der Waals surface area (Å²) in [6.07, 6.45) is 8.85. The number of hydrogen-bond acceptors (Lipinski definition) is 4. The molecule has 12 rings (SSSR count). The minimum absolute atomic E-state index is 0.595. The Balaban J connectivity index is 1.07. The van der Waals surface area contributed by atoms with Gasteiger partial charge in [-0.15, -0.1) is 0 Å². The van der Waals surface area contributed by atoms with Crippen LogP contribution in [0.5, 0.6) is 5.75 Å². The standard InChI is InChI=1S/C58H37N3O/c1-36-15-4-2-7-18-40-29-32-48-54(58(40)62-36)47-25-12-13-26-50(47)60-55(48)42-20-14-19-41(35-42)52-43-21-8-10-23-45(43)53(46-24-11-9-22-44(46)52)51-34-31-39-28-27-38-30-33-49(37-16-5-3-6-17-37)59-56(38)57(39)61-51/h2-17,19-35H,1,18H2/b7-2-,15-4-. The zero-order chi connectivity index (χ0) is 41.1. The first-order valence-corrected chi connectivity index (χ1v) is 21.0. The van der Waals surface area contributed by atoms with E-state index in [1.165, 1.54) is 5.56 Å². The Labute approximate surface area is 358 Å². The fourth-order valence-corrected chi connectivity index (χ4v) is 9.37. The van der Waals surface area contributed by atoms with E-state index in [1.54, 1.807) is 0 Å². The lowest BCUT2D eigenvalue weighted by molar-refractivity contribution is 0.448. The second kappa shape index (κ2) is 14.5. The van der Waals surface area contributed by atoms with Crippen LogP contribution in [0.25, 0.3) is 110 Å². The molecule has 0 saturated carbocycles. The fraction of sp³-hybridized carbons (Fsp3) is 0.0172. The van der Waals surface area contributed by atoms with Crippen molar-refractivity contribution in [1.82, 2.24) is 15.0 Å². The van der Waals surface area contributed by atoms with Crippen LogP contribution in [0.15, 0.2) is 213 Å². The topological polar surface area (TPSA) is 47.9 Å². The minimum atomic E-state index is 0.595. The van der Waals surface area contributed by atoms with Gasteiger partial charge in [-0.3, -0.25) is 0 Å². The number of fused-ring (bicyclic) bond motifs is 10. The van der Waals surface area contributed by atoms with E-state index in [-0.39, 0.29) is 0 Å². The highest BCUT2D eigenvalue weighted by molar-refractivity contribution is 6.22. The summed E-state index contributed by atoms with van der Waals surface area (Å²) < 4.78 is 6.58. The number of rotatable bonds is 4. The molecule has 0 bridgehead atoms. The van der Waals surface area contributed by atoms with Crippen molar-refractivity contribution in [3.8, 4) is 50.6 Å². The highest BCUT2D eigenvalue weighted by atomic mass is 16.5. The molecule has 11 aromatic rings. The van der Waals surface area contributed by atoms with Gasteiger partial charge in [0, 0.05) is 43.6 Å². The van der Waals surface area contributed by atoms with Crippen molar-refractivity contribution in [3.63, 3.8) is 0 Å². The Morgan fingerprint density at radius 1 is 0.452 bits per heavy atom. The fourth-order valence-electron chi connectivity index (χ4n) is 9.37. The molecule has 0 fully saturated rings. The Morgan fingerprint density at radius 2 is 1.05 bits per heavy atom. The van der Waals surface area contributed by atoms with Crippen LogP contribution in [0.4, 0.5) is 0 Å². The van der Waals surface area contributed by atoms with E-state index >= 15 is 0 Å². The number of pyridine rings is 3. The third kappa shape index (κ3) is 5.88. The van der Waals surface area contributed by atoms with Gasteiger partial charge in [0.05, 0.1) is 33.6 Å². The third-order valence-electron chi connectivity index (χ3n) is 12.2. The van der Waals surface area contributed by atoms with Crippen molar-refractivity contribution in [1.29, 1.82) is 0 Å². The van der Waals surface area contributed by atoms with Crippen molar-refractivity contribution in [3.05, 3.63) is 218 Å². The predicted octanol–water partition coefficient (Wildman–Crippen LogP) is 15.0. The van der Waals surface area contributed by atoms with E-state index in [9.17, 15) is 0 Å². The van der Waals surface area contributed by atoms with Crippen LogP contribution in [0.1, 0.15) is 5.56 Å². The van der Waals surface area contributed by atoms with E-state index in [0.29, 0.717) is 5.76 Å². The summed E-state index contributed by atoms with van der Waals surface area (Å²) in [6, 6.07) is 62.3. The molecule has 62 heavy (non-hydrogen) atoms. The van der Waals surface area contributed by atoms with Crippen molar-refractivity contribution in [2.24, 2.45) is 0 Å². The lowest BCUT2D eigenvalue weighted by atomic mass is 9.86. The van der Waals surface area contributed by atoms with Gasteiger partial charge in [0.2, 0.25) is 0 Å². The molecule has 4 nitrogen and oxygen atoms in total. The Bertz CT molecular complexity index is 3660. The first-order chi connectivity index (χ1) is 30.7. The van der Waals surface area contributed by atoms with E-state index in [2.05, 4.69) is 183 Å². The van der Waals surface area contributed by atoms with Crippen molar-refractivity contribution >= 4 is 65.0 Å². The average Bonchev–Trinajstić information content (AvgIpc) is 3.42. The van der Waals surface area contributed by atoms with Crippen LogP contribution >= 0.6 is 0 Å². The maximum atomic E-state index is 6.58. The molecule has 8 aromatic carbocycles. The smallest absolute Gasteiger partial charge is 0.139 e. The van der Waals surface area contributed by atoms with Crippen LogP contribution in [-0.2, 0) is 6.42 Å². The normalized spacial score (nSPS) is 13.8. The lowest BCUT2D eigenvalue weighted by Gasteiger charge is -2.19. The van der Waals surface area contributed by atoms with Crippen molar-refractivity contribution in [2.45, 2.75) is 6.42 Å². The van der Waals surface area contributed by atoms with Gasteiger partial charge in [-0.05, 0) is 75.0 Å². The Hall–Kier alpha value is -8.21. The SMILES string of the molecule is C=C1/C=C\C=C/Cc2ccc3c(-c4cccc(-c5c6ccccc6c(-c6ccc7ccc8ccc(-c9ccccc9)nc8c7n6)c6ccccc56)c4)nc4ccccc4c3c2O1. The summed E-state index contributed by atoms with van der Waals surface area (Å²) in [6.45, 7) is 4.22. The average molecular weight is 792 g/mol. The van der Waals surface area contributed by atoms with E-state index in [1.807, 2.05) is 24.3 Å². The van der Waals surface area contributed by atoms with Crippen LogP contribution in [0.2, 0.25) is 0 Å². The third-order valence-corrected chi connectivity index (χ3v) is 12.2. The zero-order valence-corrected chi connectivity index (χ0v) is 33.7. The van der Waals surface area contributed by atoms with Gasteiger partial charge in [0.25, 0.3) is 0 Å². The number of para-hydroxylation sites is 1. The quantitative estimate of drug-likeness (QED) is 0.132. The first-order valence-electron chi connectivity index (χ1n) is 21.0. The first kappa shape index (κ1) is 35.7. The molecular formula is C58H37N3O. The monoisotopic (exact) mass is 791 g/mol. The number of aromatic nitrogens is 3. The molecule has 0 unspecified atom stereocenters. The van der Waals surface area contributed by atoms with Gasteiger partial charge >= 0.3 is 0 Å². The Kier molecular flexibility index (Phi) is 8.36. The van der Waals surface area contributed by atoms with Crippen LogP contribution in [0, 0.1) is 0 Å². The Morgan fingerprint density at radius 3 is 1.79 bits per heavy atom. The summed E-state index contributed by atoms with van der Waals surface area (Å²) in [5.74, 6) is 1.42. The van der Waals surface area contributed by atoms with Crippen molar-refractivity contribution in [2.75, 3.05) is 0 Å². The maximum Gasteiger partial charge on any atom is 0.139 e. The second-order valence-electron chi connectivity index (χ2n) is 15.9. The summed E-state index contributed by atoms with van der Waals surface area (Å²) in [5.41, 5.74) is 12.1. The summed E-state index contributed by atoms with van der Waals surface area (Å²) in [7, 11) is 0. The molecule has 0 spiro atoms. The number of hydrogen-bond donors (Lipinski definition) is 0. The molecule has 3 aromatic heterocycles. The summed E-state index contributed by atoms with van der Waals surface area (Å²) in [5, 5.41) is 9.84. The molecule has 4 heteroatoms. The largest absolute Gasteiger partial charge is 0.457 e. The minimum Gasteiger partial charge on any atom is -0.457 e. The van der Waals surface area contributed by atoms with Gasteiger partial charge in [0.15, 0.2) is 0 Å². The number of allylic oxidation sites excluding steroid dienone is 4. The molecule has 0 amide bonds. The number of ether oxygens (including phenoxy) is 1. The molecule has 0 N–H and O–H groups in total. The number of benzene rings is 8. The molecular weight excluding hydrogens is 755 g/mol. The molecule has 0 radical (unpaired) electrons.